The second kappa shape index (κ2) is 8.51. The van der Waals surface area contributed by atoms with Crippen molar-refractivity contribution in [1.29, 1.82) is 0 Å². The molecule has 0 fully saturated rings. The minimum absolute atomic E-state index is 0.0885. The predicted octanol–water partition coefficient (Wildman–Crippen LogP) is 4.99. The van der Waals surface area contributed by atoms with Crippen LogP contribution in [0.3, 0.4) is 0 Å². The molecule has 3 aromatic carbocycles. The van der Waals surface area contributed by atoms with Crippen molar-refractivity contribution in [3.05, 3.63) is 96.7 Å². The highest BCUT2D eigenvalue weighted by Crippen LogP contribution is 2.37. The van der Waals surface area contributed by atoms with E-state index in [4.69, 9.17) is 32.7 Å². The molecule has 0 unspecified atom stereocenters. The Kier molecular flexibility index (Phi) is 5.54. The van der Waals surface area contributed by atoms with Gasteiger partial charge < -0.3 is 9.47 Å². The van der Waals surface area contributed by atoms with E-state index < -0.39 is 5.97 Å². The van der Waals surface area contributed by atoms with Gasteiger partial charge in [0.1, 0.15) is 0 Å². The van der Waals surface area contributed by atoms with Crippen molar-refractivity contribution in [2.45, 2.75) is 0 Å². The summed E-state index contributed by atoms with van der Waals surface area (Å²) >= 11 is 13.6. The van der Waals surface area contributed by atoms with Crippen LogP contribution in [0.1, 0.15) is 15.9 Å². The molecule has 5 rings (SSSR count). The maximum atomic E-state index is 13.0. The Hall–Kier alpha value is -3.39. The highest BCUT2D eigenvalue weighted by molar-refractivity contribution is 7.15. The predicted molar refractivity (Wildman–Crippen MR) is 130 cm³/mol. The van der Waals surface area contributed by atoms with Crippen molar-refractivity contribution in [1.82, 2.24) is 9.38 Å². The van der Waals surface area contributed by atoms with Gasteiger partial charge >= 0.3 is 5.97 Å². The van der Waals surface area contributed by atoms with Crippen molar-refractivity contribution in [3.63, 3.8) is 0 Å². The number of ether oxygens (including phenoxy) is 2. The summed E-state index contributed by atoms with van der Waals surface area (Å²) in [5, 5.41) is 0.677. The molecule has 0 bridgehead atoms. The third-order valence-corrected chi connectivity index (χ3v) is 6.47. The number of carbonyl (C=O) groups excluding carboxylic acids is 1. The van der Waals surface area contributed by atoms with E-state index in [0.717, 1.165) is 11.0 Å². The summed E-state index contributed by atoms with van der Waals surface area (Å²) in [7, 11) is 1.44. The van der Waals surface area contributed by atoms with Gasteiger partial charge in [0.25, 0.3) is 5.56 Å². The zero-order chi connectivity index (χ0) is 23.1. The molecule has 0 N–H and O–H groups in total. The number of rotatable bonds is 4. The van der Waals surface area contributed by atoms with Crippen molar-refractivity contribution >= 4 is 62.6 Å². The molecule has 0 aliphatic rings. The highest BCUT2D eigenvalue weighted by Gasteiger charge is 2.17. The first-order valence-corrected chi connectivity index (χ1v) is 11.3. The molecule has 2 aromatic heterocycles. The van der Waals surface area contributed by atoms with Crippen LogP contribution in [-0.2, 0) is 0 Å². The Morgan fingerprint density at radius 2 is 1.85 bits per heavy atom. The number of methoxy groups -OCH3 is 1. The Morgan fingerprint density at radius 3 is 2.61 bits per heavy atom. The van der Waals surface area contributed by atoms with Gasteiger partial charge in [-0.25, -0.2) is 14.2 Å². The summed E-state index contributed by atoms with van der Waals surface area (Å²) in [5.74, 6) is -0.252. The van der Waals surface area contributed by atoms with Crippen LogP contribution in [0.2, 0.25) is 10.0 Å². The summed E-state index contributed by atoms with van der Waals surface area (Å²) in [5.41, 5.74) is 2.29. The fraction of sp³-hybridized carbons (Fsp3) is 0.0417. The summed E-state index contributed by atoms with van der Waals surface area (Å²) < 4.78 is 13.0. The van der Waals surface area contributed by atoms with E-state index in [9.17, 15) is 9.59 Å². The molecule has 0 aliphatic carbocycles. The van der Waals surface area contributed by atoms with Crippen LogP contribution in [0.5, 0.6) is 11.5 Å². The van der Waals surface area contributed by atoms with E-state index in [2.05, 4.69) is 4.98 Å². The molecule has 0 atom stereocenters. The number of imidazole rings is 1. The second-order valence-electron chi connectivity index (χ2n) is 7.06. The molecule has 0 radical (unpaired) electrons. The van der Waals surface area contributed by atoms with Crippen LogP contribution in [0.15, 0.2) is 65.5 Å². The molecule has 0 aliphatic heterocycles. The lowest BCUT2D eigenvalue weighted by atomic mass is 10.2. The largest absolute Gasteiger partial charge is 0.493 e. The standard InChI is InChI=1S/C24H14Cl2N2O4S/c1-31-19-11-13(10-16(26)21(19)32-23(30)14-6-8-15(25)9-7-14)12-20-22(29)28-18-5-3-2-4-17(18)27-24(28)33-20/h2-12H,1H3. The second-order valence-corrected chi connectivity index (χ2v) is 8.92. The van der Waals surface area contributed by atoms with E-state index in [1.165, 1.54) is 18.4 Å². The summed E-state index contributed by atoms with van der Waals surface area (Å²) in [4.78, 5) is 30.6. The molecule has 2 heterocycles. The number of nitrogens with zero attached hydrogens (tertiary/aromatic N) is 2. The first-order chi connectivity index (χ1) is 15.9. The van der Waals surface area contributed by atoms with E-state index in [1.54, 1.807) is 46.9 Å². The number of para-hydroxylation sites is 2. The third kappa shape index (κ3) is 3.95. The summed E-state index contributed by atoms with van der Waals surface area (Å²) in [6.07, 6.45) is 1.70. The molecular formula is C24H14Cl2N2O4S. The van der Waals surface area contributed by atoms with E-state index in [0.29, 0.717) is 25.6 Å². The lowest BCUT2D eigenvalue weighted by molar-refractivity contribution is 0.0730. The Labute approximate surface area is 201 Å². The smallest absolute Gasteiger partial charge is 0.343 e. The number of fused-ring (bicyclic) bond motifs is 3. The summed E-state index contributed by atoms with van der Waals surface area (Å²) in [6, 6.07) is 17.0. The minimum Gasteiger partial charge on any atom is -0.493 e. The quantitative estimate of drug-likeness (QED) is 0.259. The topological polar surface area (TPSA) is 69.9 Å². The fourth-order valence-electron chi connectivity index (χ4n) is 3.42. The molecule has 0 amide bonds. The average Bonchev–Trinajstić information content (AvgIpc) is 3.31. The van der Waals surface area contributed by atoms with Crippen LogP contribution < -0.4 is 19.6 Å². The van der Waals surface area contributed by atoms with Gasteiger partial charge in [0.2, 0.25) is 0 Å². The van der Waals surface area contributed by atoms with Gasteiger partial charge in [-0.05, 0) is 60.2 Å². The first kappa shape index (κ1) is 21.5. The zero-order valence-electron chi connectivity index (χ0n) is 17.0. The number of benzene rings is 3. The average molecular weight is 497 g/mol. The number of hydrogen-bond acceptors (Lipinski definition) is 6. The van der Waals surface area contributed by atoms with Gasteiger partial charge in [-0.1, -0.05) is 46.7 Å². The van der Waals surface area contributed by atoms with E-state index in [-0.39, 0.29) is 22.1 Å². The van der Waals surface area contributed by atoms with Gasteiger partial charge in [-0.2, -0.15) is 0 Å². The first-order valence-electron chi connectivity index (χ1n) is 9.71. The van der Waals surface area contributed by atoms with Gasteiger partial charge in [0.15, 0.2) is 16.5 Å². The Balaban J connectivity index is 1.54. The van der Waals surface area contributed by atoms with Gasteiger partial charge in [0, 0.05) is 5.02 Å². The summed E-state index contributed by atoms with van der Waals surface area (Å²) in [6.45, 7) is 0. The zero-order valence-corrected chi connectivity index (χ0v) is 19.4. The molecule has 0 saturated heterocycles. The number of carbonyl (C=O) groups is 1. The Bertz CT molecular complexity index is 1640. The molecule has 0 saturated carbocycles. The maximum Gasteiger partial charge on any atom is 0.343 e. The lowest BCUT2D eigenvalue weighted by Crippen LogP contribution is -2.22. The molecule has 5 aromatic rings. The van der Waals surface area contributed by atoms with E-state index >= 15 is 0 Å². The maximum absolute atomic E-state index is 13.0. The molecular weight excluding hydrogens is 483 g/mol. The van der Waals surface area contributed by atoms with Crippen LogP contribution in [0.25, 0.3) is 22.1 Å². The number of esters is 1. The third-order valence-electron chi connectivity index (χ3n) is 4.97. The number of thiazole rings is 1. The van der Waals surface area contributed by atoms with Crippen LogP contribution in [0, 0.1) is 0 Å². The SMILES string of the molecule is COc1cc(C=c2sc3nc4ccccc4n3c2=O)cc(Cl)c1OC(=O)c1ccc(Cl)cc1. The minimum atomic E-state index is -0.600. The van der Waals surface area contributed by atoms with Gasteiger partial charge in [-0.15, -0.1) is 0 Å². The Morgan fingerprint density at radius 1 is 1.09 bits per heavy atom. The van der Waals surface area contributed by atoms with Crippen molar-refractivity contribution < 1.29 is 14.3 Å². The van der Waals surface area contributed by atoms with Crippen molar-refractivity contribution in [2.24, 2.45) is 0 Å². The molecule has 33 heavy (non-hydrogen) atoms. The lowest BCUT2D eigenvalue weighted by Gasteiger charge is -2.12. The van der Waals surface area contributed by atoms with Crippen molar-refractivity contribution in [2.75, 3.05) is 7.11 Å². The van der Waals surface area contributed by atoms with Crippen LogP contribution in [0.4, 0.5) is 0 Å². The van der Waals surface area contributed by atoms with E-state index in [1.807, 2.05) is 24.3 Å². The monoisotopic (exact) mass is 496 g/mol. The molecule has 164 valence electrons. The van der Waals surface area contributed by atoms with Gasteiger partial charge in [-0.3, -0.25) is 4.79 Å². The van der Waals surface area contributed by atoms with Crippen molar-refractivity contribution in [3.8, 4) is 11.5 Å². The van der Waals surface area contributed by atoms with Gasteiger partial charge in [0.05, 0.1) is 33.3 Å². The molecule has 6 nitrogen and oxygen atoms in total. The van der Waals surface area contributed by atoms with Crippen LogP contribution >= 0.6 is 34.5 Å². The normalized spacial score (nSPS) is 11.9. The molecule has 0 spiro atoms. The number of aromatic nitrogens is 2. The van der Waals surface area contributed by atoms with Crippen LogP contribution in [-0.4, -0.2) is 22.5 Å². The fourth-order valence-corrected chi connectivity index (χ4v) is 4.79. The highest BCUT2D eigenvalue weighted by atomic mass is 35.5. The number of hydrogen-bond donors (Lipinski definition) is 0. The number of halogens is 2. The molecule has 9 heteroatoms.